The van der Waals surface area contributed by atoms with Gasteiger partial charge in [-0.05, 0) is 28.4 Å². The van der Waals surface area contributed by atoms with E-state index in [1.54, 1.807) is 6.20 Å². The fraction of sp³-hybridized carbons (Fsp3) is 0.500. The summed E-state index contributed by atoms with van der Waals surface area (Å²) >= 11 is 3.25. The van der Waals surface area contributed by atoms with Gasteiger partial charge in [-0.3, -0.25) is 0 Å². The third-order valence-electron chi connectivity index (χ3n) is 2.00. The molecule has 0 radical (unpaired) electrons. The monoisotopic (exact) mass is 228 g/mol. The molecule has 0 saturated carbocycles. The highest BCUT2D eigenvalue weighted by atomic mass is 79.9. The van der Waals surface area contributed by atoms with E-state index in [9.17, 15) is 0 Å². The minimum atomic E-state index is 0.462. The van der Waals surface area contributed by atoms with Crippen LogP contribution in [0.5, 0.6) is 0 Å². The second-order valence-corrected chi connectivity index (χ2v) is 3.52. The van der Waals surface area contributed by atoms with E-state index in [0.29, 0.717) is 10.7 Å². The predicted molar refractivity (Wildman–Crippen MR) is 47.9 cm³/mol. The quantitative estimate of drug-likeness (QED) is 0.688. The minimum Gasteiger partial charge on any atom is -0.381 e. The summed E-state index contributed by atoms with van der Waals surface area (Å²) in [6.07, 6.45) is 2.84. The van der Waals surface area contributed by atoms with Crippen LogP contribution < -0.4 is 0 Å². The van der Waals surface area contributed by atoms with Gasteiger partial charge in [0.05, 0.1) is 12.3 Å². The molecule has 0 bridgehead atoms. The Balaban J connectivity index is 2.21. The Morgan fingerprint density at radius 2 is 2.50 bits per heavy atom. The fourth-order valence-electron chi connectivity index (χ4n) is 1.34. The van der Waals surface area contributed by atoms with Crippen LogP contribution in [-0.2, 0) is 4.74 Å². The maximum absolute atomic E-state index is 5.28. The van der Waals surface area contributed by atoms with Gasteiger partial charge in [-0.1, -0.05) is 0 Å². The highest BCUT2D eigenvalue weighted by molar-refractivity contribution is 9.10. The van der Waals surface area contributed by atoms with E-state index >= 15 is 0 Å². The standard InChI is InChI=1S/C8H9BrN2O/c9-8-10-3-1-7(11-8)6-2-4-12-5-6/h1,3,6H,2,4-5H2. The van der Waals surface area contributed by atoms with E-state index in [0.717, 1.165) is 25.3 Å². The van der Waals surface area contributed by atoms with Crippen molar-refractivity contribution in [2.24, 2.45) is 0 Å². The molecular formula is C8H9BrN2O. The van der Waals surface area contributed by atoms with Gasteiger partial charge < -0.3 is 4.74 Å². The van der Waals surface area contributed by atoms with Crippen molar-refractivity contribution in [1.82, 2.24) is 9.97 Å². The molecule has 1 fully saturated rings. The van der Waals surface area contributed by atoms with Crippen LogP contribution in [0, 0.1) is 0 Å². The summed E-state index contributed by atoms with van der Waals surface area (Å²) in [6, 6.07) is 1.95. The molecule has 1 saturated heterocycles. The summed E-state index contributed by atoms with van der Waals surface area (Å²) in [5.41, 5.74) is 1.08. The van der Waals surface area contributed by atoms with Crippen LogP contribution in [0.2, 0.25) is 0 Å². The zero-order valence-electron chi connectivity index (χ0n) is 6.53. The number of hydrogen-bond acceptors (Lipinski definition) is 3. The zero-order chi connectivity index (χ0) is 8.39. The Morgan fingerprint density at radius 1 is 1.58 bits per heavy atom. The van der Waals surface area contributed by atoms with Gasteiger partial charge >= 0.3 is 0 Å². The molecule has 0 aromatic carbocycles. The molecule has 2 rings (SSSR count). The average Bonchev–Trinajstić information content (AvgIpc) is 2.56. The smallest absolute Gasteiger partial charge is 0.196 e. The van der Waals surface area contributed by atoms with Crippen LogP contribution in [0.25, 0.3) is 0 Å². The Kier molecular flexibility index (Phi) is 2.37. The fourth-order valence-corrected chi connectivity index (χ4v) is 1.67. The summed E-state index contributed by atoms with van der Waals surface area (Å²) < 4.78 is 5.93. The van der Waals surface area contributed by atoms with Crippen molar-refractivity contribution >= 4 is 15.9 Å². The summed E-state index contributed by atoms with van der Waals surface area (Å²) in [5.74, 6) is 0.462. The Labute approximate surface area is 79.3 Å². The summed E-state index contributed by atoms with van der Waals surface area (Å²) in [7, 11) is 0. The third kappa shape index (κ3) is 1.64. The Hall–Kier alpha value is -0.480. The molecule has 1 aliphatic rings. The van der Waals surface area contributed by atoms with Gasteiger partial charge in [-0.25, -0.2) is 9.97 Å². The number of ether oxygens (including phenoxy) is 1. The van der Waals surface area contributed by atoms with Crippen LogP contribution in [0.4, 0.5) is 0 Å². The van der Waals surface area contributed by atoms with Crippen LogP contribution in [0.3, 0.4) is 0 Å². The van der Waals surface area contributed by atoms with Crippen molar-refractivity contribution in [2.75, 3.05) is 13.2 Å². The summed E-state index contributed by atoms with van der Waals surface area (Å²) in [6.45, 7) is 1.65. The van der Waals surface area contributed by atoms with Gasteiger partial charge in [0.15, 0.2) is 4.73 Å². The number of hydrogen-bond donors (Lipinski definition) is 0. The predicted octanol–water partition coefficient (Wildman–Crippen LogP) is 1.74. The lowest BCUT2D eigenvalue weighted by atomic mass is 10.1. The molecule has 3 nitrogen and oxygen atoms in total. The normalized spacial score (nSPS) is 22.9. The van der Waals surface area contributed by atoms with Crippen molar-refractivity contribution in [3.8, 4) is 0 Å². The van der Waals surface area contributed by atoms with Gasteiger partial charge in [-0.2, -0.15) is 0 Å². The molecule has 1 aromatic rings. The van der Waals surface area contributed by atoms with Gasteiger partial charge in [-0.15, -0.1) is 0 Å². The van der Waals surface area contributed by atoms with Crippen molar-refractivity contribution in [1.29, 1.82) is 0 Å². The Morgan fingerprint density at radius 3 is 3.17 bits per heavy atom. The average molecular weight is 229 g/mol. The largest absolute Gasteiger partial charge is 0.381 e. The van der Waals surface area contributed by atoms with E-state index in [2.05, 4.69) is 25.9 Å². The minimum absolute atomic E-state index is 0.462. The van der Waals surface area contributed by atoms with Gasteiger partial charge in [0.2, 0.25) is 0 Å². The summed E-state index contributed by atoms with van der Waals surface area (Å²) in [4.78, 5) is 8.26. The van der Waals surface area contributed by atoms with Crippen molar-refractivity contribution in [3.05, 3.63) is 22.7 Å². The van der Waals surface area contributed by atoms with Crippen molar-refractivity contribution < 1.29 is 4.74 Å². The van der Waals surface area contributed by atoms with E-state index in [-0.39, 0.29) is 0 Å². The topological polar surface area (TPSA) is 35.0 Å². The SMILES string of the molecule is Brc1nccc(C2CCOC2)n1. The molecule has 2 heterocycles. The van der Waals surface area contributed by atoms with Crippen LogP contribution in [-0.4, -0.2) is 23.2 Å². The van der Waals surface area contributed by atoms with Crippen LogP contribution in [0.15, 0.2) is 17.0 Å². The number of rotatable bonds is 1. The molecule has 12 heavy (non-hydrogen) atoms. The number of nitrogens with zero attached hydrogens (tertiary/aromatic N) is 2. The first-order valence-corrected chi connectivity index (χ1v) is 4.72. The third-order valence-corrected chi connectivity index (χ3v) is 2.38. The number of halogens is 1. The molecule has 0 spiro atoms. The van der Waals surface area contributed by atoms with Crippen molar-refractivity contribution in [3.63, 3.8) is 0 Å². The lowest BCUT2D eigenvalue weighted by Crippen LogP contribution is -2.01. The molecule has 1 unspecified atom stereocenters. The molecule has 0 aliphatic carbocycles. The molecular weight excluding hydrogens is 220 g/mol. The molecule has 64 valence electrons. The van der Waals surface area contributed by atoms with Gasteiger partial charge in [0, 0.05) is 18.7 Å². The maximum atomic E-state index is 5.28. The molecule has 0 N–H and O–H groups in total. The lowest BCUT2D eigenvalue weighted by Gasteiger charge is -2.05. The van der Waals surface area contributed by atoms with Crippen LogP contribution >= 0.6 is 15.9 Å². The zero-order valence-corrected chi connectivity index (χ0v) is 8.12. The van der Waals surface area contributed by atoms with Gasteiger partial charge in [0.25, 0.3) is 0 Å². The molecule has 4 heteroatoms. The molecule has 0 amide bonds. The van der Waals surface area contributed by atoms with Crippen LogP contribution in [0.1, 0.15) is 18.0 Å². The van der Waals surface area contributed by atoms with Crippen molar-refractivity contribution in [2.45, 2.75) is 12.3 Å². The van der Waals surface area contributed by atoms with E-state index in [1.165, 1.54) is 0 Å². The molecule has 1 aromatic heterocycles. The first-order valence-electron chi connectivity index (χ1n) is 3.92. The molecule has 1 aliphatic heterocycles. The highest BCUT2D eigenvalue weighted by Gasteiger charge is 2.18. The first kappa shape index (κ1) is 8.13. The molecule has 1 atom stereocenters. The lowest BCUT2D eigenvalue weighted by molar-refractivity contribution is 0.193. The second-order valence-electron chi connectivity index (χ2n) is 2.81. The second kappa shape index (κ2) is 3.49. The van der Waals surface area contributed by atoms with E-state index in [4.69, 9.17) is 4.74 Å². The summed E-state index contributed by atoms with van der Waals surface area (Å²) in [5, 5.41) is 0. The number of aromatic nitrogens is 2. The van der Waals surface area contributed by atoms with E-state index in [1.807, 2.05) is 6.07 Å². The maximum Gasteiger partial charge on any atom is 0.196 e. The van der Waals surface area contributed by atoms with Gasteiger partial charge in [0.1, 0.15) is 0 Å². The van der Waals surface area contributed by atoms with E-state index < -0.39 is 0 Å². The Bertz CT molecular complexity index is 274. The highest BCUT2D eigenvalue weighted by Crippen LogP contribution is 2.23. The first-order chi connectivity index (χ1) is 5.86.